The first-order valence-corrected chi connectivity index (χ1v) is 9.33. The molecule has 1 heterocycles. The third-order valence-electron chi connectivity index (χ3n) is 4.09. The molecule has 9 heteroatoms. The van der Waals surface area contributed by atoms with Crippen LogP contribution < -0.4 is 0 Å². The Morgan fingerprint density at radius 3 is 2.30 bits per heavy atom. The maximum Gasteiger partial charge on any atom is 0.378 e. The second kappa shape index (κ2) is 12.7. The number of aliphatic hydroxyl groups excluding tert-OH is 4. The lowest BCUT2D eigenvalue weighted by atomic mass is 10.1. The minimum Gasteiger partial charge on any atom is -0.484 e. The van der Waals surface area contributed by atoms with E-state index in [4.69, 9.17) is 24.4 Å². The molecule has 0 bridgehead atoms. The van der Waals surface area contributed by atoms with E-state index in [9.17, 15) is 19.8 Å². The molecule has 0 aromatic carbocycles. The van der Waals surface area contributed by atoms with Gasteiger partial charge in [0.15, 0.2) is 12.2 Å². The van der Waals surface area contributed by atoms with Crippen LogP contribution >= 0.6 is 0 Å². The van der Waals surface area contributed by atoms with Crippen molar-refractivity contribution in [3.63, 3.8) is 0 Å². The van der Waals surface area contributed by atoms with Gasteiger partial charge in [0.2, 0.25) is 11.5 Å². The molecule has 9 nitrogen and oxygen atoms in total. The molecule has 0 aliphatic carbocycles. The average Bonchev–Trinajstić information content (AvgIpc) is 2.98. The zero-order chi connectivity index (χ0) is 20.2. The van der Waals surface area contributed by atoms with Gasteiger partial charge in [0.1, 0.15) is 6.10 Å². The van der Waals surface area contributed by atoms with Crippen molar-refractivity contribution in [2.45, 2.75) is 70.2 Å². The van der Waals surface area contributed by atoms with E-state index in [1.807, 2.05) is 0 Å². The van der Waals surface area contributed by atoms with Crippen LogP contribution in [-0.4, -0.2) is 70.5 Å². The van der Waals surface area contributed by atoms with Gasteiger partial charge < -0.3 is 34.6 Å². The van der Waals surface area contributed by atoms with Gasteiger partial charge in [-0.25, -0.2) is 9.59 Å². The third kappa shape index (κ3) is 7.45. The average molecular weight is 390 g/mol. The first-order valence-electron chi connectivity index (χ1n) is 9.33. The molecule has 0 saturated carbocycles. The van der Waals surface area contributed by atoms with Gasteiger partial charge in [0.25, 0.3) is 0 Å². The Morgan fingerprint density at radius 1 is 1.07 bits per heavy atom. The van der Waals surface area contributed by atoms with Crippen molar-refractivity contribution in [3.8, 4) is 0 Å². The molecule has 3 atom stereocenters. The van der Waals surface area contributed by atoms with E-state index < -0.39 is 49.2 Å². The molecule has 1 aliphatic rings. The first-order chi connectivity index (χ1) is 13.0. The molecule has 27 heavy (non-hydrogen) atoms. The number of aliphatic hydroxyl groups is 4. The topological polar surface area (TPSA) is 143 Å². The van der Waals surface area contributed by atoms with Crippen molar-refractivity contribution >= 4 is 11.9 Å². The van der Waals surface area contributed by atoms with E-state index in [1.54, 1.807) is 0 Å². The van der Waals surface area contributed by atoms with Crippen molar-refractivity contribution < 1.29 is 44.2 Å². The van der Waals surface area contributed by atoms with Crippen LogP contribution in [-0.2, 0) is 23.8 Å². The molecule has 0 aromatic heterocycles. The van der Waals surface area contributed by atoms with Crippen LogP contribution in [0.4, 0.5) is 0 Å². The fraction of sp³-hybridized carbons (Fsp3) is 0.778. The summed E-state index contributed by atoms with van der Waals surface area (Å²) in [6.45, 7) is 0.714. The Bertz CT molecular complexity index is 503. The highest BCUT2D eigenvalue weighted by Crippen LogP contribution is 2.28. The summed E-state index contributed by atoms with van der Waals surface area (Å²) in [6, 6.07) is 0. The van der Waals surface area contributed by atoms with Crippen LogP contribution in [0, 0.1) is 0 Å². The monoisotopic (exact) mass is 390 g/mol. The minimum atomic E-state index is -1.82. The van der Waals surface area contributed by atoms with Crippen LogP contribution in [0.15, 0.2) is 11.5 Å². The minimum absolute atomic E-state index is 0.184. The normalized spacial score (nSPS) is 19.0. The van der Waals surface area contributed by atoms with Gasteiger partial charge in [-0.3, -0.25) is 0 Å². The number of cyclic esters (lactones) is 1. The summed E-state index contributed by atoms with van der Waals surface area (Å²) in [5, 5.41) is 37.0. The molecular weight excluding hydrogens is 360 g/mol. The Hall–Kier alpha value is -1.68. The second-order valence-electron chi connectivity index (χ2n) is 6.36. The summed E-state index contributed by atoms with van der Waals surface area (Å²) in [6.07, 6.45) is 2.56. The zero-order valence-corrected chi connectivity index (χ0v) is 15.6. The van der Waals surface area contributed by atoms with Crippen LogP contribution in [0.25, 0.3) is 0 Å². The van der Waals surface area contributed by atoms with Crippen molar-refractivity contribution in [1.82, 2.24) is 0 Å². The number of carbonyl (C=O) groups excluding carboxylic acids is 2. The Balaban J connectivity index is 2.66. The van der Waals surface area contributed by atoms with Gasteiger partial charge in [-0.15, -0.1) is 0 Å². The van der Waals surface area contributed by atoms with Crippen LogP contribution in [0.5, 0.6) is 0 Å². The third-order valence-corrected chi connectivity index (χ3v) is 4.09. The lowest BCUT2D eigenvalue weighted by molar-refractivity contribution is -0.157. The van der Waals surface area contributed by atoms with Gasteiger partial charge in [0.05, 0.1) is 19.8 Å². The number of carbonyl (C=O) groups is 2. The van der Waals surface area contributed by atoms with E-state index in [-0.39, 0.29) is 12.4 Å². The Labute approximate surface area is 158 Å². The number of rotatable bonds is 14. The molecule has 0 spiro atoms. The summed E-state index contributed by atoms with van der Waals surface area (Å²) in [4.78, 5) is 23.7. The van der Waals surface area contributed by atoms with E-state index in [0.717, 1.165) is 19.3 Å². The van der Waals surface area contributed by atoms with E-state index in [0.29, 0.717) is 6.42 Å². The summed E-state index contributed by atoms with van der Waals surface area (Å²) in [5.41, 5.74) is 0. The molecule has 1 unspecified atom stereocenters. The number of esters is 2. The molecule has 1 rings (SSSR count). The van der Waals surface area contributed by atoms with Gasteiger partial charge in [-0.05, 0) is 6.42 Å². The Kier molecular flexibility index (Phi) is 11.0. The largest absolute Gasteiger partial charge is 0.484 e. The number of ether oxygens (including phenoxy) is 3. The van der Waals surface area contributed by atoms with E-state index in [2.05, 4.69) is 6.92 Å². The molecule has 0 fully saturated rings. The quantitative estimate of drug-likeness (QED) is 0.240. The highest BCUT2D eigenvalue weighted by molar-refractivity contribution is 5.90. The van der Waals surface area contributed by atoms with Crippen LogP contribution in [0.3, 0.4) is 0 Å². The summed E-state index contributed by atoms with van der Waals surface area (Å²) in [7, 11) is 0. The number of hydrogen-bond donors (Lipinski definition) is 4. The molecule has 4 N–H and O–H groups in total. The maximum absolute atomic E-state index is 12.0. The molecule has 1 aliphatic heterocycles. The lowest BCUT2D eigenvalue weighted by Crippen LogP contribution is -2.35. The van der Waals surface area contributed by atoms with Gasteiger partial charge >= 0.3 is 11.9 Å². The summed E-state index contributed by atoms with van der Waals surface area (Å²) in [5.74, 6) is -2.95. The molecule has 0 amide bonds. The smallest absolute Gasteiger partial charge is 0.378 e. The predicted octanol–water partition coefficient (Wildman–Crippen LogP) is 0.140. The van der Waals surface area contributed by atoms with Gasteiger partial charge in [0, 0.05) is 0 Å². The van der Waals surface area contributed by atoms with E-state index in [1.165, 1.54) is 19.3 Å². The summed E-state index contributed by atoms with van der Waals surface area (Å²) < 4.78 is 15.2. The maximum atomic E-state index is 12.0. The molecule has 0 radical (unpaired) electrons. The van der Waals surface area contributed by atoms with Crippen LogP contribution in [0.2, 0.25) is 0 Å². The SMILES string of the molecule is CCCCCCCCCOC1=C(OC(=O)C(O)CO)[C@@H]([C@@H](O)CO)OC1=O. The van der Waals surface area contributed by atoms with Crippen molar-refractivity contribution in [2.24, 2.45) is 0 Å². The number of hydrogen-bond acceptors (Lipinski definition) is 9. The van der Waals surface area contributed by atoms with Gasteiger partial charge in [-0.2, -0.15) is 0 Å². The van der Waals surface area contributed by atoms with Crippen molar-refractivity contribution in [3.05, 3.63) is 11.5 Å². The Morgan fingerprint density at radius 2 is 1.70 bits per heavy atom. The van der Waals surface area contributed by atoms with Crippen molar-refractivity contribution in [1.29, 1.82) is 0 Å². The fourth-order valence-corrected chi connectivity index (χ4v) is 2.52. The highest BCUT2D eigenvalue weighted by atomic mass is 16.6. The molecule has 0 saturated heterocycles. The molecular formula is C18H30O9. The van der Waals surface area contributed by atoms with Crippen LogP contribution in [0.1, 0.15) is 51.9 Å². The molecule has 0 aromatic rings. The van der Waals surface area contributed by atoms with Crippen molar-refractivity contribution in [2.75, 3.05) is 19.8 Å². The summed E-state index contributed by atoms with van der Waals surface area (Å²) >= 11 is 0. The fourth-order valence-electron chi connectivity index (χ4n) is 2.52. The first kappa shape index (κ1) is 23.4. The lowest BCUT2D eigenvalue weighted by Gasteiger charge is -2.18. The van der Waals surface area contributed by atoms with E-state index >= 15 is 0 Å². The highest BCUT2D eigenvalue weighted by Gasteiger charge is 2.43. The number of unbranched alkanes of at least 4 members (excludes halogenated alkanes) is 6. The second-order valence-corrected chi connectivity index (χ2v) is 6.36. The standard InChI is InChI=1S/C18H30O9/c1-2-3-4-5-6-7-8-9-25-16-15(27-17(23)13(22)11-20)14(12(21)10-19)26-18(16)24/h12-14,19-22H,2-11H2,1H3/t12-,13?,14+/m0/s1. The zero-order valence-electron chi connectivity index (χ0n) is 15.6. The van der Waals surface area contributed by atoms with Gasteiger partial charge in [-0.1, -0.05) is 45.4 Å². The predicted molar refractivity (Wildman–Crippen MR) is 93.1 cm³/mol. The molecule has 156 valence electrons.